The first-order valence-corrected chi connectivity index (χ1v) is 8.89. The number of hydrogen-bond donors (Lipinski definition) is 2. The van der Waals surface area contributed by atoms with Gasteiger partial charge in [0.25, 0.3) is 0 Å². The van der Waals surface area contributed by atoms with Crippen molar-refractivity contribution in [2.24, 2.45) is 0 Å². The van der Waals surface area contributed by atoms with Gasteiger partial charge in [-0.1, -0.05) is 19.1 Å². The molecule has 0 aromatic heterocycles. The topological polar surface area (TPSA) is 75.8 Å². The average molecular weight is 362 g/mol. The second-order valence-corrected chi connectivity index (χ2v) is 6.34. The molecule has 5 nitrogen and oxygen atoms in total. The van der Waals surface area contributed by atoms with Crippen LogP contribution in [0.3, 0.4) is 0 Å². The van der Waals surface area contributed by atoms with Crippen molar-refractivity contribution in [1.82, 2.24) is 0 Å². The minimum atomic E-state index is -1.08. The van der Waals surface area contributed by atoms with Crippen molar-refractivity contribution >= 4 is 22.9 Å². The molecule has 0 radical (unpaired) electrons. The van der Waals surface area contributed by atoms with Crippen molar-refractivity contribution < 1.29 is 19.0 Å². The third-order valence-corrected chi connectivity index (χ3v) is 4.76. The van der Waals surface area contributed by atoms with Crippen molar-refractivity contribution in [3.8, 4) is 5.75 Å². The van der Waals surface area contributed by atoms with Gasteiger partial charge in [0, 0.05) is 24.2 Å². The number of carbonyl (C=O) groups is 1. The minimum absolute atomic E-state index is 0.0366. The average Bonchev–Trinajstić information content (AvgIpc) is 3.12. The van der Waals surface area contributed by atoms with E-state index in [1.165, 1.54) is 13.2 Å². The van der Waals surface area contributed by atoms with Crippen molar-refractivity contribution in [2.45, 2.75) is 40.0 Å². The smallest absolute Gasteiger partial charge is 0.335 e. The highest BCUT2D eigenvalue weighted by molar-refractivity contribution is 6.07. The molecule has 0 atom stereocenters. The third kappa shape index (κ3) is 3.41. The summed E-state index contributed by atoms with van der Waals surface area (Å²) in [7, 11) is 1.50. The van der Waals surface area contributed by atoms with E-state index in [0.29, 0.717) is 34.6 Å². The summed E-state index contributed by atoms with van der Waals surface area (Å²) < 4.78 is 20.8. The lowest BCUT2D eigenvalue weighted by Gasteiger charge is -2.26. The first-order valence-electron chi connectivity index (χ1n) is 8.89. The molecular weight excluding hydrogens is 335 g/mol. The number of ether oxygens (including phenoxy) is 1. The van der Waals surface area contributed by atoms with Crippen LogP contribution < -0.4 is 15.4 Å². The molecule has 1 aliphatic rings. The zero-order valence-corrected chi connectivity index (χ0v) is 15.9. The van der Waals surface area contributed by atoms with Gasteiger partial charge in [0.2, 0.25) is 0 Å². The van der Waals surface area contributed by atoms with E-state index in [4.69, 9.17) is 10.5 Å². The molecule has 1 aromatic carbocycles. The van der Waals surface area contributed by atoms with Gasteiger partial charge in [-0.3, -0.25) is 0 Å². The number of halogens is 1. The van der Waals surface area contributed by atoms with Gasteiger partial charge in [-0.25, -0.2) is 9.18 Å². The fourth-order valence-electron chi connectivity index (χ4n) is 3.60. The molecule has 0 amide bonds. The number of carboxylic acid groups (broad SMARTS) is 1. The van der Waals surface area contributed by atoms with Crippen LogP contribution in [0.4, 0.5) is 15.8 Å². The maximum absolute atomic E-state index is 15.3. The molecule has 0 unspecified atom stereocenters. The Morgan fingerprint density at radius 3 is 2.46 bits per heavy atom. The van der Waals surface area contributed by atoms with Crippen LogP contribution in [-0.2, 0) is 4.79 Å². The molecule has 0 aliphatic carbocycles. The van der Waals surface area contributed by atoms with Gasteiger partial charge >= 0.3 is 5.97 Å². The number of nitrogen functional groups attached to an aromatic ring is 1. The molecular formula is C20H27FN2O3. The monoisotopic (exact) mass is 362 g/mol. The lowest BCUT2D eigenvalue weighted by Crippen LogP contribution is -2.22. The molecule has 6 heteroatoms. The lowest BCUT2D eigenvalue weighted by atomic mass is 9.90. The molecule has 0 saturated carbocycles. The molecule has 26 heavy (non-hydrogen) atoms. The van der Waals surface area contributed by atoms with Crippen molar-refractivity contribution in [1.29, 1.82) is 0 Å². The molecule has 1 aromatic rings. The number of hydrogen-bond acceptors (Lipinski definition) is 4. The van der Waals surface area contributed by atoms with E-state index in [-0.39, 0.29) is 11.3 Å². The zero-order chi connectivity index (χ0) is 19.4. The van der Waals surface area contributed by atoms with Gasteiger partial charge in [-0.15, -0.1) is 0 Å². The predicted octanol–water partition coefficient (Wildman–Crippen LogP) is 4.15. The highest BCUT2D eigenvalue weighted by Gasteiger charge is 2.29. The Kier molecular flexibility index (Phi) is 6.29. The van der Waals surface area contributed by atoms with Crippen LogP contribution in [0, 0.1) is 12.7 Å². The summed E-state index contributed by atoms with van der Waals surface area (Å²) in [5, 5.41) is 9.55. The summed E-state index contributed by atoms with van der Waals surface area (Å²) in [4.78, 5) is 13.6. The third-order valence-electron chi connectivity index (χ3n) is 4.76. The largest absolute Gasteiger partial charge is 0.494 e. The number of anilines is 2. The van der Waals surface area contributed by atoms with E-state index >= 15 is 4.39 Å². The van der Waals surface area contributed by atoms with Gasteiger partial charge in [0.15, 0.2) is 5.82 Å². The van der Waals surface area contributed by atoms with Gasteiger partial charge in [-0.2, -0.15) is 0 Å². The van der Waals surface area contributed by atoms with Gasteiger partial charge in [0.05, 0.1) is 18.4 Å². The second-order valence-electron chi connectivity index (χ2n) is 6.34. The van der Waals surface area contributed by atoms with Crippen LogP contribution in [-0.4, -0.2) is 31.3 Å². The van der Waals surface area contributed by atoms with Gasteiger partial charge in [0.1, 0.15) is 11.4 Å². The highest BCUT2D eigenvalue weighted by Crippen LogP contribution is 2.45. The van der Waals surface area contributed by atoms with Crippen LogP contribution >= 0.6 is 0 Å². The van der Waals surface area contributed by atoms with E-state index in [2.05, 4.69) is 0 Å². The molecule has 142 valence electrons. The fourth-order valence-corrected chi connectivity index (χ4v) is 3.60. The molecule has 1 fully saturated rings. The normalized spacial score (nSPS) is 15.5. The quantitative estimate of drug-likeness (QED) is 0.452. The number of nitrogens with zero attached hydrogens (tertiary/aromatic N) is 1. The Labute approximate surface area is 153 Å². The maximum Gasteiger partial charge on any atom is 0.335 e. The Balaban J connectivity index is 2.79. The van der Waals surface area contributed by atoms with Crippen LogP contribution in [0.1, 0.15) is 44.2 Å². The number of nitrogens with two attached hydrogens (primary N) is 1. The van der Waals surface area contributed by atoms with Gasteiger partial charge < -0.3 is 20.5 Å². The SMILES string of the molecule is C/C=C(/C(=O)O)C(=CCC)c1c(C)c(OC)c(N2CCCC2)c(F)c1N. The standard InChI is InChI=1S/C20H27FN2O3/c1-5-9-14(13(6-2)20(24)25)15-12(3)19(26-4)18(16(21)17(15)22)23-10-7-8-11-23/h6,9H,5,7-8,10-11,22H2,1-4H3,(H,24,25)/b13-6+,14-9?. The fraction of sp³-hybridized carbons (Fsp3) is 0.450. The summed E-state index contributed by atoms with van der Waals surface area (Å²) >= 11 is 0. The maximum atomic E-state index is 15.3. The predicted molar refractivity (Wildman–Crippen MR) is 103 cm³/mol. The van der Waals surface area contributed by atoms with E-state index < -0.39 is 11.8 Å². The second kappa shape index (κ2) is 8.25. The number of carboxylic acids is 1. The number of methoxy groups -OCH3 is 1. The van der Waals surface area contributed by atoms with Crippen molar-refractivity contribution in [2.75, 3.05) is 30.8 Å². The molecule has 1 aliphatic heterocycles. The molecule has 1 saturated heterocycles. The van der Waals surface area contributed by atoms with Crippen molar-refractivity contribution in [3.05, 3.63) is 34.7 Å². The van der Waals surface area contributed by atoms with Gasteiger partial charge in [-0.05, 0) is 38.7 Å². The first kappa shape index (κ1) is 19.8. The van der Waals surface area contributed by atoms with Crippen molar-refractivity contribution in [3.63, 3.8) is 0 Å². The molecule has 3 N–H and O–H groups in total. The molecule has 1 heterocycles. The molecule has 2 rings (SSSR count). The van der Waals surface area contributed by atoms with Crippen LogP contribution in [0.5, 0.6) is 5.75 Å². The summed E-state index contributed by atoms with van der Waals surface area (Å²) in [5.74, 6) is -1.21. The number of benzene rings is 1. The Morgan fingerprint density at radius 2 is 2.00 bits per heavy atom. The first-order chi connectivity index (χ1) is 12.4. The van der Waals surface area contributed by atoms with Crippen LogP contribution in [0.2, 0.25) is 0 Å². The summed E-state index contributed by atoms with van der Waals surface area (Å²) in [6, 6.07) is 0. The lowest BCUT2D eigenvalue weighted by molar-refractivity contribution is -0.132. The zero-order valence-electron chi connectivity index (χ0n) is 15.9. The van der Waals surface area contributed by atoms with Crippen LogP contribution in [0.15, 0.2) is 17.7 Å². The minimum Gasteiger partial charge on any atom is -0.494 e. The number of allylic oxidation sites excluding steroid dienone is 2. The number of rotatable bonds is 6. The number of aliphatic carboxylic acids is 1. The van der Waals surface area contributed by atoms with E-state index in [1.807, 2.05) is 11.8 Å². The highest BCUT2D eigenvalue weighted by atomic mass is 19.1. The Bertz CT molecular complexity index is 763. The molecule has 0 spiro atoms. The van der Waals surface area contributed by atoms with Crippen LogP contribution in [0.25, 0.3) is 5.57 Å². The summed E-state index contributed by atoms with van der Waals surface area (Å²) in [6.07, 6.45) is 5.84. The summed E-state index contributed by atoms with van der Waals surface area (Å²) in [6.45, 7) is 6.83. The Hall–Kier alpha value is -2.50. The Morgan fingerprint density at radius 1 is 1.38 bits per heavy atom. The summed E-state index contributed by atoms with van der Waals surface area (Å²) in [5.41, 5.74) is 8.07. The van der Waals surface area contributed by atoms with E-state index in [1.54, 1.807) is 19.9 Å². The molecule has 0 bridgehead atoms. The van der Waals surface area contributed by atoms with E-state index in [0.717, 1.165) is 25.9 Å². The van der Waals surface area contributed by atoms with E-state index in [9.17, 15) is 9.90 Å².